The maximum atomic E-state index is 13.2. The number of aliphatic hydroxyl groups excluding tert-OH is 6. The summed E-state index contributed by atoms with van der Waals surface area (Å²) in [6.45, 7) is 0.662. The normalized spacial score (nSPS) is 33.5. The number of aromatic hydroxyl groups is 1. The van der Waals surface area contributed by atoms with Gasteiger partial charge < -0.3 is 64.2 Å². The molecule has 3 heterocycles. The summed E-state index contributed by atoms with van der Waals surface area (Å²) >= 11 is 0. The van der Waals surface area contributed by atoms with Gasteiger partial charge in [0.1, 0.15) is 71.7 Å². The highest BCUT2D eigenvalue weighted by Crippen LogP contribution is 2.45. The number of aliphatic hydroxyl groups is 6. The molecule has 5 rings (SSSR count). The first kappa shape index (κ1) is 30.2. The molecule has 2 aromatic carbocycles. The molecule has 0 radical (unpaired) electrons. The van der Waals surface area contributed by atoms with Crippen LogP contribution in [0.4, 0.5) is 0 Å². The van der Waals surface area contributed by atoms with Gasteiger partial charge in [0.2, 0.25) is 0 Å². The van der Waals surface area contributed by atoms with E-state index in [9.17, 15) is 45.6 Å². The minimum atomic E-state index is -1.81. The topological polar surface area (TPSA) is 232 Å². The molecule has 2 aliphatic rings. The molecule has 1 aromatic heterocycles. The van der Waals surface area contributed by atoms with Crippen molar-refractivity contribution in [1.29, 1.82) is 0 Å². The first-order valence-corrected chi connectivity index (χ1v) is 13.1. The molecule has 2 fully saturated rings. The summed E-state index contributed by atoms with van der Waals surface area (Å²) in [4.78, 5) is 13.2. The molecule has 0 saturated carbocycles. The predicted molar refractivity (Wildman–Crippen MR) is 140 cm³/mol. The Labute approximate surface area is 238 Å². The van der Waals surface area contributed by atoms with Crippen LogP contribution in [0.2, 0.25) is 0 Å². The van der Waals surface area contributed by atoms with Crippen molar-refractivity contribution in [2.24, 2.45) is 0 Å². The monoisotopic (exact) mass is 591 g/mol. The number of benzene rings is 2. The second-order valence-electron chi connectivity index (χ2n) is 10.3. The van der Waals surface area contributed by atoms with Gasteiger partial charge in [-0.2, -0.15) is 0 Å². The van der Waals surface area contributed by atoms with Gasteiger partial charge in [0, 0.05) is 11.6 Å². The number of phenolic OH excluding ortho intramolecular Hbond substituents is 1. The Kier molecular flexibility index (Phi) is 8.44. The maximum absolute atomic E-state index is 13.2. The van der Waals surface area contributed by atoms with Crippen LogP contribution in [0.1, 0.15) is 18.6 Å². The average Bonchev–Trinajstić information content (AvgIpc) is 2.97. The summed E-state index contributed by atoms with van der Waals surface area (Å²) < 4.78 is 28.8. The number of phenols is 1. The number of fused-ring (bicyclic) bond motifs is 1. The Bertz CT molecular complexity index is 1470. The molecule has 0 bridgehead atoms. The fourth-order valence-corrected chi connectivity index (χ4v) is 5.26. The zero-order valence-corrected chi connectivity index (χ0v) is 22.4. The van der Waals surface area contributed by atoms with Gasteiger partial charge >= 0.3 is 0 Å². The van der Waals surface area contributed by atoms with Crippen molar-refractivity contribution in [2.75, 3.05) is 13.7 Å². The molecular formula is C28H31O14-. The second kappa shape index (κ2) is 11.8. The van der Waals surface area contributed by atoms with E-state index in [2.05, 4.69) is 0 Å². The van der Waals surface area contributed by atoms with Crippen LogP contribution in [0.3, 0.4) is 0 Å². The molecule has 0 aliphatic carbocycles. The number of hydrogen-bond donors (Lipinski definition) is 7. The lowest BCUT2D eigenvalue weighted by Gasteiger charge is -2.46. The molecule has 0 unspecified atom stereocenters. The van der Waals surface area contributed by atoms with E-state index < -0.39 is 84.4 Å². The van der Waals surface area contributed by atoms with Gasteiger partial charge in [0.15, 0.2) is 11.7 Å². The van der Waals surface area contributed by atoms with Crippen molar-refractivity contribution >= 4 is 11.0 Å². The number of ether oxygens (including phenoxy) is 4. The van der Waals surface area contributed by atoms with Crippen molar-refractivity contribution in [3.63, 3.8) is 0 Å². The van der Waals surface area contributed by atoms with Crippen LogP contribution in [0, 0.1) is 0 Å². The number of rotatable bonds is 6. The van der Waals surface area contributed by atoms with E-state index in [4.69, 9.17) is 23.4 Å². The largest absolute Gasteiger partial charge is 0.872 e. The number of methoxy groups -OCH3 is 1. The van der Waals surface area contributed by atoms with Crippen LogP contribution >= 0.6 is 0 Å². The number of hydrogen-bond acceptors (Lipinski definition) is 14. The fraction of sp³-hybridized carbons (Fsp3) is 0.464. The van der Waals surface area contributed by atoms with Crippen molar-refractivity contribution in [1.82, 2.24) is 0 Å². The zero-order valence-electron chi connectivity index (χ0n) is 22.4. The lowest BCUT2D eigenvalue weighted by atomic mass is 9.89. The summed E-state index contributed by atoms with van der Waals surface area (Å²) in [5.74, 6) is -0.929. The molecule has 7 N–H and O–H groups in total. The summed E-state index contributed by atoms with van der Waals surface area (Å²) in [5, 5.41) is 84.9. The lowest BCUT2D eigenvalue weighted by molar-refractivity contribution is -0.338. The lowest BCUT2D eigenvalue weighted by Crippen LogP contribution is -2.61. The van der Waals surface area contributed by atoms with Crippen molar-refractivity contribution in [3.8, 4) is 28.6 Å². The standard InChI is InChI=1S/C28H32O14/c1-10-20(33)22(35)24(37)28(39-10)42-27-23(36)21(34)17(9-29)41-26(27)19-16(38-2)8-14(32)18-13(31)7-15(40-25(18)19)11-3-5-12(30)6-4-11/h3-8,10,17,20-24,26-30,32-37H,9H2,1-2H3/p-1/t10-,17+,20-,21+,22+,23-,24+,26-,27+,28+/m0/s1. The Morgan fingerprint density at radius 2 is 1.62 bits per heavy atom. The Morgan fingerprint density at radius 1 is 0.929 bits per heavy atom. The minimum Gasteiger partial charge on any atom is -0.872 e. The van der Waals surface area contributed by atoms with E-state index in [0.717, 1.165) is 12.1 Å². The SMILES string of the molecule is COc1cc([O-])c2c(=O)cc(-c3ccc(O)cc3)oc2c1[C@@H]1O[C@H](CO)[C@@H](O)[C@H](O)[C@H]1O[C@H]1O[C@@H](C)[C@H](O)[C@@H](O)[C@H]1O. The van der Waals surface area contributed by atoms with Gasteiger partial charge in [-0.25, -0.2) is 0 Å². The van der Waals surface area contributed by atoms with E-state index in [1.54, 1.807) is 0 Å². The van der Waals surface area contributed by atoms with Crippen molar-refractivity contribution in [2.45, 2.75) is 68.1 Å². The van der Waals surface area contributed by atoms with Crippen LogP contribution in [-0.2, 0) is 14.2 Å². The highest BCUT2D eigenvalue weighted by atomic mass is 16.7. The molecule has 42 heavy (non-hydrogen) atoms. The highest BCUT2D eigenvalue weighted by Gasteiger charge is 2.51. The van der Waals surface area contributed by atoms with Gasteiger partial charge in [0.05, 0.1) is 30.8 Å². The maximum Gasteiger partial charge on any atom is 0.192 e. The Balaban J connectivity index is 1.69. The minimum absolute atomic E-state index is 0.00550. The van der Waals surface area contributed by atoms with Gasteiger partial charge in [-0.15, -0.1) is 0 Å². The van der Waals surface area contributed by atoms with Crippen LogP contribution in [0.15, 0.2) is 45.6 Å². The molecular weight excluding hydrogens is 560 g/mol. The average molecular weight is 592 g/mol. The molecule has 0 spiro atoms. The van der Waals surface area contributed by atoms with Crippen LogP contribution in [0.5, 0.6) is 17.2 Å². The zero-order chi connectivity index (χ0) is 30.5. The quantitative estimate of drug-likeness (QED) is 0.175. The van der Waals surface area contributed by atoms with Gasteiger partial charge in [-0.05, 0) is 37.3 Å². The molecule has 3 aromatic rings. The molecule has 0 amide bonds. The third-order valence-electron chi connectivity index (χ3n) is 7.59. The van der Waals surface area contributed by atoms with Crippen LogP contribution in [0.25, 0.3) is 22.3 Å². The van der Waals surface area contributed by atoms with Crippen molar-refractivity contribution in [3.05, 3.63) is 52.2 Å². The highest BCUT2D eigenvalue weighted by molar-refractivity contribution is 5.89. The van der Waals surface area contributed by atoms with Crippen molar-refractivity contribution < 1.29 is 64.2 Å². The van der Waals surface area contributed by atoms with E-state index >= 15 is 0 Å². The molecule has 228 valence electrons. The van der Waals surface area contributed by atoms with E-state index in [1.165, 1.54) is 38.3 Å². The Morgan fingerprint density at radius 3 is 2.26 bits per heavy atom. The predicted octanol–water partition coefficient (Wildman–Crippen LogP) is -1.39. The molecule has 14 heteroatoms. The molecule has 2 aliphatic heterocycles. The van der Waals surface area contributed by atoms with Gasteiger partial charge in [-0.1, -0.05) is 5.75 Å². The third kappa shape index (κ3) is 5.21. The molecule has 10 atom stereocenters. The Hall–Kier alpha value is -3.31. The van der Waals surface area contributed by atoms with E-state index in [0.29, 0.717) is 5.56 Å². The summed E-state index contributed by atoms with van der Waals surface area (Å²) in [6, 6.07) is 7.79. The fourth-order valence-electron chi connectivity index (χ4n) is 5.26. The first-order chi connectivity index (χ1) is 20.0. The summed E-state index contributed by atoms with van der Waals surface area (Å²) in [5.41, 5.74) is -0.756. The second-order valence-corrected chi connectivity index (χ2v) is 10.3. The first-order valence-electron chi connectivity index (χ1n) is 13.1. The summed E-state index contributed by atoms with van der Waals surface area (Å²) in [6.07, 6.45) is -15.6. The summed E-state index contributed by atoms with van der Waals surface area (Å²) in [7, 11) is 1.23. The molecule has 14 nitrogen and oxygen atoms in total. The van der Waals surface area contributed by atoms with E-state index in [-0.39, 0.29) is 28.4 Å². The van der Waals surface area contributed by atoms with E-state index in [1.807, 2.05) is 0 Å². The van der Waals surface area contributed by atoms with Crippen LogP contribution in [-0.4, -0.2) is 105 Å². The van der Waals surface area contributed by atoms with Crippen LogP contribution < -0.4 is 15.3 Å². The third-order valence-corrected chi connectivity index (χ3v) is 7.59. The van der Waals surface area contributed by atoms with Gasteiger partial charge in [0.25, 0.3) is 0 Å². The molecule has 2 saturated heterocycles. The smallest absolute Gasteiger partial charge is 0.192 e. The van der Waals surface area contributed by atoms with Gasteiger partial charge in [-0.3, -0.25) is 4.79 Å².